The van der Waals surface area contributed by atoms with Gasteiger partial charge in [0.05, 0.1) is 25.5 Å². The van der Waals surface area contributed by atoms with Crippen molar-refractivity contribution in [3.63, 3.8) is 0 Å². The number of aliphatic hydroxyl groups is 3. The Kier molecular flexibility index (Phi) is 6.67. The number of aromatic hydroxyl groups is 2. The number of nitrogens with zero attached hydrogens (tertiary/aromatic N) is 2. The average molecular weight is 505 g/mol. The van der Waals surface area contributed by atoms with Gasteiger partial charge in [0.2, 0.25) is 15.8 Å². The van der Waals surface area contributed by atoms with E-state index in [1.165, 1.54) is 11.4 Å². The Morgan fingerprint density at radius 1 is 1.09 bits per heavy atom. The molecule has 1 aromatic rings. The lowest BCUT2D eigenvalue weighted by Crippen LogP contribution is -2.58. The standard InChI is InChI=1S/C20H28N2O11S/c1-31-18-13(24)9(7-21-3-5-22(6-4-21)34(2,29)30)11-12(15(18)26)17-19(33-20(11)28)16(27)14(25)10(8-23)32-17/h10,14,16-17,19,23-27H,3-8H2,1-2H3/t10-,14-,16+,17-,19-/m1/s1. The van der Waals surface area contributed by atoms with Crippen LogP contribution in [0.4, 0.5) is 0 Å². The maximum absolute atomic E-state index is 13.0. The Labute approximate surface area is 195 Å². The van der Waals surface area contributed by atoms with Gasteiger partial charge in [-0.1, -0.05) is 0 Å². The molecule has 14 heteroatoms. The first-order valence-corrected chi connectivity index (χ1v) is 12.5. The number of ether oxygens (including phenoxy) is 3. The van der Waals surface area contributed by atoms with Gasteiger partial charge in [0.25, 0.3) is 0 Å². The van der Waals surface area contributed by atoms with Crippen molar-refractivity contribution in [1.29, 1.82) is 0 Å². The first kappa shape index (κ1) is 24.9. The molecule has 2 fully saturated rings. The molecule has 190 valence electrons. The Morgan fingerprint density at radius 2 is 1.74 bits per heavy atom. The molecular weight excluding hydrogens is 476 g/mol. The van der Waals surface area contributed by atoms with Crippen LogP contribution in [0.1, 0.15) is 27.6 Å². The molecule has 34 heavy (non-hydrogen) atoms. The molecule has 0 amide bonds. The summed E-state index contributed by atoms with van der Waals surface area (Å²) in [6, 6.07) is 0. The van der Waals surface area contributed by atoms with Crippen LogP contribution in [0.25, 0.3) is 0 Å². The highest BCUT2D eigenvalue weighted by atomic mass is 32.2. The van der Waals surface area contributed by atoms with E-state index in [4.69, 9.17) is 14.2 Å². The van der Waals surface area contributed by atoms with Crippen molar-refractivity contribution in [1.82, 2.24) is 9.21 Å². The summed E-state index contributed by atoms with van der Waals surface area (Å²) in [5.74, 6) is -2.35. The molecule has 1 aromatic carbocycles. The first-order valence-electron chi connectivity index (χ1n) is 10.6. The summed E-state index contributed by atoms with van der Waals surface area (Å²) in [6.45, 7) is 0.440. The SMILES string of the molecule is COc1c(O)c(CN2CCN(S(C)(=O)=O)CC2)c2c(c1O)[C@H]1O[C@H](CO)[C@@H](O)[C@H](O)[C@H]1OC2=O. The number of carbonyl (C=O) groups is 1. The van der Waals surface area contributed by atoms with Gasteiger partial charge in [-0.25, -0.2) is 13.2 Å². The van der Waals surface area contributed by atoms with Crippen molar-refractivity contribution in [3.05, 3.63) is 16.7 Å². The highest BCUT2D eigenvalue weighted by Crippen LogP contribution is 2.52. The predicted molar refractivity (Wildman–Crippen MR) is 114 cm³/mol. The van der Waals surface area contributed by atoms with E-state index < -0.39 is 64.6 Å². The number of aliphatic hydroxyl groups excluding tert-OH is 3. The highest BCUT2D eigenvalue weighted by Gasteiger charge is 2.53. The highest BCUT2D eigenvalue weighted by molar-refractivity contribution is 7.88. The molecule has 4 rings (SSSR count). The number of hydrogen-bond donors (Lipinski definition) is 5. The van der Waals surface area contributed by atoms with E-state index in [-0.39, 0.29) is 42.1 Å². The van der Waals surface area contributed by atoms with E-state index in [2.05, 4.69) is 0 Å². The number of fused-ring (bicyclic) bond motifs is 3. The van der Waals surface area contributed by atoms with Crippen LogP contribution < -0.4 is 4.74 Å². The van der Waals surface area contributed by atoms with E-state index >= 15 is 0 Å². The van der Waals surface area contributed by atoms with Gasteiger partial charge in [0, 0.05) is 43.9 Å². The van der Waals surface area contributed by atoms with E-state index in [1.807, 2.05) is 4.90 Å². The van der Waals surface area contributed by atoms with E-state index in [0.29, 0.717) is 13.1 Å². The summed E-state index contributed by atoms with van der Waals surface area (Å²) >= 11 is 0. The fourth-order valence-electron chi connectivity index (χ4n) is 4.71. The second-order valence-electron chi connectivity index (χ2n) is 8.56. The molecule has 0 aliphatic carbocycles. The lowest BCUT2D eigenvalue weighted by molar-refractivity contribution is -0.235. The third-order valence-electron chi connectivity index (χ3n) is 6.53. The Balaban J connectivity index is 1.75. The van der Waals surface area contributed by atoms with Crippen LogP contribution in [0.3, 0.4) is 0 Å². The van der Waals surface area contributed by atoms with Gasteiger partial charge in [-0.2, -0.15) is 4.31 Å². The third-order valence-corrected chi connectivity index (χ3v) is 7.83. The topological polar surface area (TPSA) is 187 Å². The molecule has 3 aliphatic heterocycles. The van der Waals surface area contributed by atoms with Gasteiger partial charge in [0.1, 0.15) is 24.4 Å². The first-order chi connectivity index (χ1) is 16.0. The summed E-state index contributed by atoms with van der Waals surface area (Å²) < 4.78 is 41.1. The molecule has 0 saturated carbocycles. The third kappa shape index (κ3) is 4.08. The van der Waals surface area contributed by atoms with Crippen molar-refractivity contribution in [2.24, 2.45) is 0 Å². The van der Waals surface area contributed by atoms with E-state index in [0.717, 1.165) is 6.26 Å². The quantitative estimate of drug-likeness (QED) is 0.275. The van der Waals surface area contributed by atoms with Gasteiger partial charge in [-0.05, 0) is 0 Å². The molecule has 0 bridgehead atoms. The van der Waals surface area contributed by atoms with Crippen LogP contribution in [-0.2, 0) is 26.0 Å². The maximum Gasteiger partial charge on any atom is 0.339 e. The molecule has 0 spiro atoms. The minimum Gasteiger partial charge on any atom is -0.504 e. The smallest absolute Gasteiger partial charge is 0.339 e. The van der Waals surface area contributed by atoms with Gasteiger partial charge in [-0.3, -0.25) is 4.90 Å². The molecule has 2 saturated heterocycles. The van der Waals surface area contributed by atoms with Crippen molar-refractivity contribution >= 4 is 16.0 Å². The number of phenolic OH excluding ortho intramolecular Hbond substituents is 2. The van der Waals surface area contributed by atoms with Crippen molar-refractivity contribution in [2.75, 3.05) is 46.2 Å². The minimum atomic E-state index is -3.35. The van der Waals surface area contributed by atoms with Crippen molar-refractivity contribution in [2.45, 2.75) is 37.1 Å². The summed E-state index contributed by atoms with van der Waals surface area (Å²) in [6.07, 6.45) is -5.85. The zero-order valence-corrected chi connectivity index (χ0v) is 19.4. The summed E-state index contributed by atoms with van der Waals surface area (Å²) in [4.78, 5) is 14.8. The monoisotopic (exact) mass is 504 g/mol. The fourth-order valence-corrected chi connectivity index (χ4v) is 5.53. The van der Waals surface area contributed by atoms with Crippen LogP contribution in [0.15, 0.2) is 0 Å². The molecule has 5 atom stereocenters. The molecule has 3 heterocycles. The lowest BCUT2D eigenvalue weighted by Gasteiger charge is -2.45. The average Bonchev–Trinajstić information content (AvgIpc) is 2.79. The number of carbonyl (C=O) groups excluding carboxylic acids is 1. The largest absolute Gasteiger partial charge is 0.504 e. The van der Waals surface area contributed by atoms with Crippen LogP contribution >= 0.6 is 0 Å². The van der Waals surface area contributed by atoms with Crippen molar-refractivity contribution in [3.8, 4) is 17.2 Å². The summed E-state index contributed by atoms with van der Waals surface area (Å²) in [5, 5.41) is 51.9. The predicted octanol–water partition coefficient (Wildman–Crippen LogP) is -2.12. The normalized spacial score (nSPS) is 30.4. The molecule has 0 aromatic heterocycles. The zero-order valence-electron chi connectivity index (χ0n) is 18.6. The second-order valence-corrected chi connectivity index (χ2v) is 10.5. The second kappa shape index (κ2) is 9.11. The Hall–Kier alpha value is -2.20. The van der Waals surface area contributed by atoms with Crippen LogP contribution in [-0.4, -0.2) is 120 Å². The molecule has 5 N–H and O–H groups in total. The van der Waals surface area contributed by atoms with E-state index in [9.17, 15) is 38.7 Å². The molecule has 0 radical (unpaired) electrons. The number of phenols is 2. The maximum atomic E-state index is 13.0. The number of piperazine rings is 1. The molecule has 13 nitrogen and oxygen atoms in total. The van der Waals surface area contributed by atoms with Crippen LogP contribution in [0, 0.1) is 0 Å². The Morgan fingerprint density at radius 3 is 2.29 bits per heavy atom. The number of rotatable bonds is 5. The fraction of sp³-hybridized carbons (Fsp3) is 0.650. The van der Waals surface area contributed by atoms with Crippen LogP contribution in [0.2, 0.25) is 0 Å². The van der Waals surface area contributed by atoms with E-state index in [1.54, 1.807) is 0 Å². The zero-order chi connectivity index (χ0) is 24.9. The lowest BCUT2D eigenvalue weighted by atomic mass is 9.84. The number of methoxy groups -OCH3 is 1. The molecular formula is C20H28N2O11S. The molecule has 3 aliphatic rings. The van der Waals surface area contributed by atoms with Gasteiger partial charge >= 0.3 is 5.97 Å². The summed E-state index contributed by atoms with van der Waals surface area (Å²) in [7, 11) is -2.14. The summed E-state index contributed by atoms with van der Waals surface area (Å²) in [5.41, 5.74) is -0.196. The minimum absolute atomic E-state index is 0.00347. The number of sulfonamides is 1. The van der Waals surface area contributed by atoms with Crippen LogP contribution in [0.5, 0.6) is 17.2 Å². The van der Waals surface area contributed by atoms with Gasteiger partial charge in [0.15, 0.2) is 17.6 Å². The van der Waals surface area contributed by atoms with Gasteiger partial charge in [-0.15, -0.1) is 0 Å². The molecule has 0 unspecified atom stereocenters. The van der Waals surface area contributed by atoms with Crippen molar-refractivity contribution < 1.29 is 53.0 Å². The Bertz CT molecular complexity index is 1070. The van der Waals surface area contributed by atoms with Gasteiger partial charge < -0.3 is 39.7 Å². The number of benzene rings is 1. The number of esters is 1. The number of hydrogen-bond acceptors (Lipinski definition) is 12.